The van der Waals surface area contributed by atoms with Gasteiger partial charge in [0.15, 0.2) is 0 Å². The van der Waals surface area contributed by atoms with Crippen LogP contribution in [0.2, 0.25) is 0 Å². The third-order valence-electron chi connectivity index (χ3n) is 5.77. The molecule has 2 amide bonds. The summed E-state index contributed by atoms with van der Waals surface area (Å²) in [4.78, 5) is 58.9. The van der Waals surface area contributed by atoms with Crippen molar-refractivity contribution in [3.05, 3.63) is 93.9 Å². The van der Waals surface area contributed by atoms with Gasteiger partial charge in [-0.15, -0.1) is 0 Å². The van der Waals surface area contributed by atoms with Gasteiger partial charge in [-0.2, -0.15) is 0 Å². The fourth-order valence-electron chi connectivity index (χ4n) is 3.80. The van der Waals surface area contributed by atoms with Crippen LogP contribution in [0.25, 0.3) is 11.0 Å². The predicted octanol–water partition coefficient (Wildman–Crippen LogP) is 1.18. The number of aromatic nitrogens is 2. The van der Waals surface area contributed by atoms with Crippen LogP contribution in [0.3, 0.4) is 0 Å². The molecular weight excluding hydrogens is 506 g/mol. The zero-order valence-corrected chi connectivity index (χ0v) is 20.6. The van der Waals surface area contributed by atoms with E-state index in [1.165, 1.54) is 48.7 Å². The van der Waals surface area contributed by atoms with Crippen molar-refractivity contribution in [3.8, 4) is 11.5 Å². The van der Waals surface area contributed by atoms with Crippen LogP contribution in [0, 0.1) is 0 Å². The molecule has 200 valence electrons. The maximum absolute atomic E-state index is 13.2. The van der Waals surface area contributed by atoms with Gasteiger partial charge in [0.25, 0.3) is 5.91 Å². The van der Waals surface area contributed by atoms with Crippen LogP contribution < -0.4 is 22.0 Å². The Morgan fingerprint density at radius 1 is 1.00 bits per heavy atom. The van der Waals surface area contributed by atoms with Gasteiger partial charge in [0.05, 0.1) is 12.6 Å². The van der Waals surface area contributed by atoms with Crippen LogP contribution in [-0.2, 0) is 17.8 Å². The highest BCUT2D eigenvalue weighted by Crippen LogP contribution is 2.19. The lowest BCUT2D eigenvalue weighted by Gasteiger charge is -2.18. The van der Waals surface area contributed by atoms with E-state index in [1.807, 2.05) is 0 Å². The van der Waals surface area contributed by atoms with E-state index >= 15 is 0 Å². The second-order valence-electron chi connectivity index (χ2n) is 8.59. The maximum atomic E-state index is 13.2. The van der Waals surface area contributed by atoms with Crippen LogP contribution in [0.5, 0.6) is 11.5 Å². The molecule has 0 aliphatic carbocycles. The van der Waals surface area contributed by atoms with Gasteiger partial charge in [-0.3, -0.25) is 14.4 Å². The lowest BCUT2D eigenvalue weighted by atomic mass is 10.00. The number of carbonyl (C=O) groups is 3. The van der Waals surface area contributed by atoms with Gasteiger partial charge in [-0.05, 0) is 42.0 Å². The number of phenols is 2. The van der Waals surface area contributed by atoms with Crippen molar-refractivity contribution in [2.45, 2.75) is 25.4 Å². The van der Waals surface area contributed by atoms with Gasteiger partial charge in [-0.25, -0.2) is 14.8 Å². The van der Waals surface area contributed by atoms with E-state index in [1.54, 1.807) is 12.1 Å². The number of carbonyl (C=O) groups excluding carboxylic acids is 3. The van der Waals surface area contributed by atoms with Crippen molar-refractivity contribution in [1.82, 2.24) is 20.6 Å². The lowest BCUT2D eigenvalue weighted by Crippen LogP contribution is -2.44. The number of hydrogen-bond donors (Lipinski definition) is 5. The third kappa shape index (κ3) is 6.81. The topological polar surface area (TPSA) is 198 Å². The SMILES string of the molecule is NCc1nccc(C(=O)[C@H](Cc2ccc(O)cc2)NC(=O)CCNC(=O)c2cc3ccc(O)cc3oc2=O)n1. The van der Waals surface area contributed by atoms with Gasteiger partial charge in [0.2, 0.25) is 11.7 Å². The van der Waals surface area contributed by atoms with Crippen molar-refractivity contribution in [3.63, 3.8) is 0 Å². The van der Waals surface area contributed by atoms with Crippen molar-refractivity contribution in [1.29, 1.82) is 0 Å². The molecule has 0 saturated heterocycles. The molecule has 12 nitrogen and oxygen atoms in total. The van der Waals surface area contributed by atoms with E-state index < -0.39 is 29.3 Å². The first-order valence-corrected chi connectivity index (χ1v) is 11.9. The molecule has 2 aromatic carbocycles. The molecule has 2 heterocycles. The highest BCUT2D eigenvalue weighted by molar-refractivity contribution is 6.01. The fraction of sp³-hybridized carbons (Fsp3) is 0.185. The Kier molecular flexibility index (Phi) is 8.27. The van der Waals surface area contributed by atoms with E-state index in [0.717, 1.165) is 0 Å². The Hall–Kier alpha value is -5.10. The van der Waals surface area contributed by atoms with Crippen LogP contribution in [0.1, 0.15) is 38.7 Å². The first-order valence-electron chi connectivity index (χ1n) is 11.9. The highest BCUT2D eigenvalue weighted by Gasteiger charge is 2.24. The van der Waals surface area contributed by atoms with Crippen molar-refractivity contribution >= 4 is 28.6 Å². The molecule has 4 rings (SSSR count). The summed E-state index contributed by atoms with van der Waals surface area (Å²) in [6, 6.07) is 12.1. The van der Waals surface area contributed by atoms with E-state index in [0.29, 0.717) is 10.9 Å². The Morgan fingerprint density at radius 3 is 2.49 bits per heavy atom. The minimum absolute atomic E-state index is 0.0356. The first kappa shape index (κ1) is 26.9. The zero-order chi connectivity index (χ0) is 27.9. The molecule has 2 aromatic heterocycles. The normalized spacial score (nSPS) is 11.6. The van der Waals surface area contributed by atoms with Crippen molar-refractivity contribution in [2.75, 3.05) is 6.54 Å². The van der Waals surface area contributed by atoms with E-state index in [4.69, 9.17) is 10.2 Å². The Bertz CT molecular complexity index is 1580. The summed E-state index contributed by atoms with van der Waals surface area (Å²) in [5.74, 6) is -1.48. The predicted molar refractivity (Wildman–Crippen MR) is 139 cm³/mol. The fourth-order valence-corrected chi connectivity index (χ4v) is 3.80. The van der Waals surface area contributed by atoms with E-state index in [2.05, 4.69) is 20.6 Å². The number of hydrogen-bond acceptors (Lipinski definition) is 10. The average molecular weight is 532 g/mol. The third-order valence-corrected chi connectivity index (χ3v) is 5.77. The number of nitrogens with one attached hydrogen (secondary N) is 2. The Labute approximate surface area is 221 Å². The summed E-state index contributed by atoms with van der Waals surface area (Å²) in [7, 11) is 0. The number of nitrogens with two attached hydrogens (primary N) is 1. The van der Waals surface area contributed by atoms with Crippen LogP contribution in [0.4, 0.5) is 0 Å². The number of fused-ring (bicyclic) bond motifs is 1. The Balaban J connectivity index is 1.42. The molecule has 39 heavy (non-hydrogen) atoms. The van der Waals surface area contributed by atoms with Crippen molar-refractivity contribution < 1.29 is 29.0 Å². The molecule has 0 spiro atoms. The van der Waals surface area contributed by atoms with E-state index in [9.17, 15) is 29.4 Å². The number of aromatic hydroxyl groups is 2. The molecule has 0 aliphatic heterocycles. The smallest absolute Gasteiger partial charge is 0.349 e. The van der Waals surface area contributed by atoms with E-state index in [-0.39, 0.29) is 60.1 Å². The monoisotopic (exact) mass is 531 g/mol. The zero-order valence-electron chi connectivity index (χ0n) is 20.6. The molecule has 0 fully saturated rings. The summed E-state index contributed by atoms with van der Waals surface area (Å²) in [6.07, 6.45) is 1.34. The summed E-state index contributed by atoms with van der Waals surface area (Å²) in [6.45, 7) is -0.0868. The van der Waals surface area contributed by atoms with Gasteiger partial charge >= 0.3 is 5.63 Å². The number of nitrogens with zero attached hydrogens (tertiary/aromatic N) is 2. The lowest BCUT2D eigenvalue weighted by molar-refractivity contribution is -0.121. The van der Waals surface area contributed by atoms with Gasteiger partial charge in [0.1, 0.15) is 34.2 Å². The molecule has 4 aromatic rings. The highest BCUT2D eigenvalue weighted by atomic mass is 16.4. The quantitative estimate of drug-likeness (QED) is 0.146. The number of Topliss-reactive ketones (excluding diaryl/α,β-unsaturated/α-hetero) is 1. The van der Waals surface area contributed by atoms with Crippen molar-refractivity contribution in [2.24, 2.45) is 5.73 Å². The molecule has 0 saturated carbocycles. The first-order chi connectivity index (χ1) is 18.7. The minimum atomic E-state index is -0.998. The summed E-state index contributed by atoms with van der Waals surface area (Å²) >= 11 is 0. The van der Waals surface area contributed by atoms with Gasteiger partial charge in [0, 0.05) is 37.0 Å². The summed E-state index contributed by atoms with van der Waals surface area (Å²) in [5.41, 5.74) is 5.32. The van der Waals surface area contributed by atoms with Gasteiger partial charge < -0.3 is 31.0 Å². The van der Waals surface area contributed by atoms with Crippen LogP contribution >= 0.6 is 0 Å². The van der Waals surface area contributed by atoms with Gasteiger partial charge in [-0.1, -0.05) is 12.1 Å². The minimum Gasteiger partial charge on any atom is -0.508 e. The molecule has 6 N–H and O–H groups in total. The average Bonchev–Trinajstić information content (AvgIpc) is 2.93. The molecule has 1 atom stereocenters. The second kappa shape index (κ2) is 12.0. The molecule has 0 aliphatic rings. The number of ketones is 1. The number of phenolic OH excluding ortho intramolecular Hbond substituents is 2. The number of amides is 2. The molecular formula is C27H25N5O7. The molecule has 0 radical (unpaired) electrons. The number of rotatable bonds is 10. The van der Waals surface area contributed by atoms with Crippen LogP contribution in [0.15, 0.2) is 70.0 Å². The molecule has 0 unspecified atom stereocenters. The summed E-state index contributed by atoms with van der Waals surface area (Å²) < 4.78 is 5.10. The molecule has 12 heteroatoms. The second-order valence-corrected chi connectivity index (χ2v) is 8.59. The number of benzene rings is 2. The summed E-state index contributed by atoms with van der Waals surface area (Å²) in [5, 5.41) is 24.7. The van der Waals surface area contributed by atoms with Crippen LogP contribution in [-0.4, -0.2) is 50.4 Å². The Morgan fingerprint density at radius 2 is 1.74 bits per heavy atom. The largest absolute Gasteiger partial charge is 0.508 e. The standard InChI is InChI=1S/C27H25N5O7/c28-14-23-29-9-7-20(31-23)25(36)21(11-15-1-4-17(33)5-2-15)32-24(35)8-10-30-26(37)19-12-16-3-6-18(34)13-22(16)39-27(19)38/h1-7,9,12-13,21,33-34H,8,10-11,14,28H2,(H,30,37)(H,32,35)/t21-/m0/s1. The molecule has 0 bridgehead atoms. The maximum Gasteiger partial charge on any atom is 0.349 e.